The highest BCUT2D eigenvalue weighted by Crippen LogP contribution is 2.28. The standard InChI is InChI=1S/C16H26N2O2S/c1-13(16-5-3-4-6-16)18-21(19,20)12-15-9-7-14(8-10-15)11-17-2/h7-10,13,16-18H,3-6,11-12H2,1-2H3. The summed E-state index contributed by atoms with van der Waals surface area (Å²) >= 11 is 0. The lowest BCUT2D eigenvalue weighted by atomic mass is 10.0. The van der Waals surface area contributed by atoms with Crippen LogP contribution < -0.4 is 10.0 Å². The van der Waals surface area contributed by atoms with Crippen molar-refractivity contribution in [3.8, 4) is 0 Å². The molecular formula is C16H26N2O2S. The highest BCUT2D eigenvalue weighted by Gasteiger charge is 2.25. The zero-order valence-corrected chi connectivity index (χ0v) is 13.7. The first-order valence-electron chi connectivity index (χ1n) is 7.72. The Morgan fingerprint density at radius 1 is 1.14 bits per heavy atom. The van der Waals surface area contributed by atoms with Gasteiger partial charge in [0.1, 0.15) is 0 Å². The van der Waals surface area contributed by atoms with Gasteiger partial charge in [-0.25, -0.2) is 13.1 Å². The zero-order valence-electron chi connectivity index (χ0n) is 12.9. The van der Waals surface area contributed by atoms with Gasteiger partial charge in [0.15, 0.2) is 0 Å². The Labute approximate surface area is 128 Å². The van der Waals surface area contributed by atoms with Gasteiger partial charge in [-0.2, -0.15) is 0 Å². The molecule has 1 fully saturated rings. The van der Waals surface area contributed by atoms with Crippen LogP contribution in [0.4, 0.5) is 0 Å². The fraction of sp³-hybridized carbons (Fsp3) is 0.625. The summed E-state index contributed by atoms with van der Waals surface area (Å²) in [4.78, 5) is 0. The second kappa shape index (κ2) is 7.38. The quantitative estimate of drug-likeness (QED) is 0.813. The summed E-state index contributed by atoms with van der Waals surface area (Å²) in [5.74, 6) is 0.557. The molecule has 4 nitrogen and oxygen atoms in total. The van der Waals surface area contributed by atoms with Crippen LogP contribution in [0, 0.1) is 5.92 Å². The van der Waals surface area contributed by atoms with E-state index in [0.29, 0.717) is 5.92 Å². The summed E-state index contributed by atoms with van der Waals surface area (Å²) in [7, 11) is -1.37. The molecule has 2 rings (SSSR count). The van der Waals surface area contributed by atoms with E-state index in [2.05, 4.69) is 10.0 Å². The molecule has 0 spiro atoms. The van der Waals surface area contributed by atoms with E-state index in [0.717, 1.165) is 30.5 Å². The van der Waals surface area contributed by atoms with Gasteiger partial charge in [-0.3, -0.25) is 0 Å². The lowest BCUT2D eigenvalue weighted by Crippen LogP contribution is -2.37. The first-order chi connectivity index (χ1) is 10.00. The first kappa shape index (κ1) is 16.5. The Balaban J connectivity index is 1.93. The Kier molecular flexibility index (Phi) is 5.79. The van der Waals surface area contributed by atoms with Crippen molar-refractivity contribution in [1.29, 1.82) is 0 Å². The lowest BCUT2D eigenvalue weighted by Gasteiger charge is -2.20. The molecule has 0 saturated heterocycles. The molecule has 0 radical (unpaired) electrons. The van der Waals surface area contributed by atoms with Gasteiger partial charge in [0.2, 0.25) is 10.0 Å². The van der Waals surface area contributed by atoms with E-state index in [-0.39, 0.29) is 11.8 Å². The molecule has 21 heavy (non-hydrogen) atoms. The number of nitrogens with one attached hydrogen (secondary N) is 2. The predicted molar refractivity (Wildman–Crippen MR) is 86.4 cm³/mol. The minimum absolute atomic E-state index is 0.0427. The summed E-state index contributed by atoms with van der Waals surface area (Å²) < 4.78 is 27.4. The molecule has 5 heteroatoms. The van der Waals surface area contributed by atoms with Crippen molar-refractivity contribution in [1.82, 2.24) is 10.0 Å². The molecule has 118 valence electrons. The molecule has 1 aromatic carbocycles. The van der Waals surface area contributed by atoms with Gasteiger partial charge >= 0.3 is 0 Å². The van der Waals surface area contributed by atoms with Crippen molar-refractivity contribution < 1.29 is 8.42 Å². The minimum atomic E-state index is -3.26. The maximum atomic E-state index is 12.3. The Bertz CT molecular complexity index is 534. The van der Waals surface area contributed by atoms with E-state index >= 15 is 0 Å². The summed E-state index contributed by atoms with van der Waals surface area (Å²) in [6.45, 7) is 2.79. The maximum Gasteiger partial charge on any atom is 0.216 e. The molecule has 1 aliphatic carbocycles. The smallest absolute Gasteiger partial charge is 0.216 e. The van der Waals surface area contributed by atoms with Crippen LogP contribution in [-0.4, -0.2) is 21.5 Å². The van der Waals surface area contributed by atoms with Crippen molar-refractivity contribution in [3.63, 3.8) is 0 Å². The van der Waals surface area contributed by atoms with Crippen LogP contribution in [0.5, 0.6) is 0 Å². The molecule has 1 saturated carbocycles. The molecule has 1 unspecified atom stereocenters. The summed E-state index contributed by atoms with van der Waals surface area (Å²) in [5, 5.41) is 3.08. The van der Waals surface area contributed by atoms with Gasteiger partial charge < -0.3 is 5.32 Å². The first-order valence-corrected chi connectivity index (χ1v) is 9.38. The fourth-order valence-corrected chi connectivity index (χ4v) is 4.53. The van der Waals surface area contributed by atoms with E-state index in [1.165, 1.54) is 12.8 Å². The molecular weight excluding hydrogens is 284 g/mol. The third kappa shape index (κ3) is 5.09. The van der Waals surface area contributed by atoms with Gasteiger partial charge in [-0.1, -0.05) is 37.1 Å². The van der Waals surface area contributed by atoms with Crippen molar-refractivity contribution >= 4 is 10.0 Å². The third-order valence-electron chi connectivity index (χ3n) is 4.23. The minimum Gasteiger partial charge on any atom is -0.316 e. The van der Waals surface area contributed by atoms with Crippen LogP contribution >= 0.6 is 0 Å². The van der Waals surface area contributed by atoms with Crippen molar-refractivity contribution in [2.24, 2.45) is 5.92 Å². The van der Waals surface area contributed by atoms with Crippen LogP contribution in [0.1, 0.15) is 43.7 Å². The average Bonchev–Trinajstić information content (AvgIpc) is 2.94. The highest BCUT2D eigenvalue weighted by molar-refractivity contribution is 7.88. The monoisotopic (exact) mass is 310 g/mol. The van der Waals surface area contributed by atoms with E-state index in [1.807, 2.05) is 38.2 Å². The van der Waals surface area contributed by atoms with Crippen molar-refractivity contribution in [3.05, 3.63) is 35.4 Å². The van der Waals surface area contributed by atoms with Gasteiger partial charge in [0.05, 0.1) is 5.75 Å². The molecule has 1 aliphatic rings. The van der Waals surface area contributed by atoms with Crippen molar-refractivity contribution in [2.75, 3.05) is 7.05 Å². The van der Waals surface area contributed by atoms with Crippen LogP contribution in [-0.2, 0) is 22.3 Å². The molecule has 0 bridgehead atoms. The SMILES string of the molecule is CNCc1ccc(CS(=O)(=O)NC(C)C2CCCC2)cc1. The average molecular weight is 310 g/mol. The second-order valence-corrected chi connectivity index (χ2v) is 7.81. The molecule has 0 aromatic heterocycles. The molecule has 0 heterocycles. The number of benzene rings is 1. The van der Waals surface area contributed by atoms with Crippen LogP contribution in [0.15, 0.2) is 24.3 Å². The Morgan fingerprint density at radius 2 is 1.71 bits per heavy atom. The topological polar surface area (TPSA) is 58.2 Å². The fourth-order valence-electron chi connectivity index (χ4n) is 3.06. The number of hydrogen-bond acceptors (Lipinski definition) is 3. The third-order valence-corrected chi connectivity index (χ3v) is 5.68. The van der Waals surface area contributed by atoms with Gasteiger partial charge in [-0.15, -0.1) is 0 Å². The van der Waals surface area contributed by atoms with Crippen LogP contribution in [0.25, 0.3) is 0 Å². The van der Waals surface area contributed by atoms with E-state index in [1.54, 1.807) is 0 Å². The number of sulfonamides is 1. The highest BCUT2D eigenvalue weighted by atomic mass is 32.2. The van der Waals surface area contributed by atoms with E-state index < -0.39 is 10.0 Å². The summed E-state index contributed by atoms with van der Waals surface area (Å²) in [6, 6.07) is 7.78. The van der Waals surface area contributed by atoms with E-state index in [4.69, 9.17) is 0 Å². The normalized spacial score (nSPS) is 18.0. The second-order valence-electron chi connectivity index (χ2n) is 6.06. The van der Waals surface area contributed by atoms with Gasteiger partial charge in [0.25, 0.3) is 0 Å². The Hall–Kier alpha value is -0.910. The lowest BCUT2D eigenvalue weighted by molar-refractivity contribution is 0.424. The molecule has 1 aromatic rings. The van der Waals surface area contributed by atoms with Gasteiger partial charge in [0, 0.05) is 12.6 Å². The maximum absolute atomic E-state index is 12.3. The summed E-state index contributed by atoms with van der Waals surface area (Å²) in [6.07, 6.45) is 4.73. The van der Waals surface area contributed by atoms with Crippen molar-refractivity contribution in [2.45, 2.75) is 50.9 Å². The number of rotatable bonds is 7. The molecule has 1 atom stereocenters. The van der Waals surface area contributed by atoms with E-state index in [9.17, 15) is 8.42 Å². The number of hydrogen-bond donors (Lipinski definition) is 2. The molecule has 0 amide bonds. The summed E-state index contributed by atoms with van der Waals surface area (Å²) in [5.41, 5.74) is 1.99. The largest absolute Gasteiger partial charge is 0.316 e. The van der Waals surface area contributed by atoms with Gasteiger partial charge in [-0.05, 0) is 43.9 Å². The molecule has 2 N–H and O–H groups in total. The van der Waals surface area contributed by atoms with Crippen LogP contribution in [0.2, 0.25) is 0 Å². The molecule has 0 aliphatic heterocycles. The van der Waals surface area contributed by atoms with Crippen LogP contribution in [0.3, 0.4) is 0 Å². The Morgan fingerprint density at radius 3 is 2.29 bits per heavy atom. The predicted octanol–water partition coefficient (Wildman–Crippen LogP) is 2.40. The zero-order chi connectivity index (χ0) is 15.3.